The summed E-state index contributed by atoms with van der Waals surface area (Å²) in [4.78, 5) is 12.2. The third-order valence-corrected chi connectivity index (χ3v) is 5.68. The molecule has 2 aromatic rings. The van der Waals surface area contributed by atoms with Crippen molar-refractivity contribution in [2.75, 3.05) is 25.3 Å². The van der Waals surface area contributed by atoms with E-state index in [4.69, 9.17) is 9.47 Å². The van der Waals surface area contributed by atoms with Crippen LogP contribution in [-0.2, 0) is 14.6 Å². The number of amides is 1. The summed E-state index contributed by atoms with van der Waals surface area (Å²) in [6.07, 6.45) is -0.135. The highest BCUT2D eigenvalue weighted by molar-refractivity contribution is 7.91. The summed E-state index contributed by atoms with van der Waals surface area (Å²) >= 11 is 0. The van der Waals surface area contributed by atoms with E-state index < -0.39 is 9.84 Å². The van der Waals surface area contributed by atoms with Gasteiger partial charge in [-0.05, 0) is 37.6 Å². The first-order valence-electron chi connectivity index (χ1n) is 8.08. The number of sulfone groups is 1. The van der Waals surface area contributed by atoms with Gasteiger partial charge in [-0.15, -0.1) is 0 Å². The van der Waals surface area contributed by atoms with Crippen LogP contribution in [-0.4, -0.2) is 34.3 Å². The van der Waals surface area contributed by atoms with Gasteiger partial charge >= 0.3 is 0 Å². The molecule has 0 aliphatic carbocycles. The lowest BCUT2D eigenvalue weighted by Gasteiger charge is -2.11. The fraction of sp³-hybridized carbons (Fsp3) is 0.316. The van der Waals surface area contributed by atoms with Gasteiger partial charge in [0.15, 0.2) is 21.3 Å². The number of rotatable bonds is 7. The second-order valence-electron chi connectivity index (χ2n) is 5.95. The van der Waals surface area contributed by atoms with Gasteiger partial charge in [-0.1, -0.05) is 17.7 Å². The van der Waals surface area contributed by atoms with Crippen molar-refractivity contribution in [2.45, 2.75) is 25.2 Å². The molecule has 0 unspecified atom stereocenters. The van der Waals surface area contributed by atoms with Crippen molar-refractivity contribution in [3.63, 3.8) is 0 Å². The molecule has 0 saturated carbocycles. The van der Waals surface area contributed by atoms with Crippen molar-refractivity contribution < 1.29 is 22.7 Å². The molecule has 0 fully saturated rings. The summed E-state index contributed by atoms with van der Waals surface area (Å²) in [7, 11) is -0.707. The Balaban J connectivity index is 2.06. The Hall–Kier alpha value is -2.54. The molecule has 0 atom stereocenters. The molecule has 0 aliphatic heterocycles. The molecule has 0 spiro atoms. The molecule has 26 heavy (non-hydrogen) atoms. The number of nitrogens with one attached hydrogen (secondary N) is 1. The molecule has 2 rings (SSSR count). The van der Waals surface area contributed by atoms with Crippen LogP contribution in [0.2, 0.25) is 0 Å². The van der Waals surface area contributed by atoms with Gasteiger partial charge in [-0.3, -0.25) is 4.79 Å². The number of carbonyl (C=O) groups is 1. The average molecular weight is 377 g/mol. The van der Waals surface area contributed by atoms with E-state index in [1.807, 2.05) is 32.0 Å². The lowest BCUT2D eigenvalue weighted by molar-refractivity contribution is -0.115. The highest BCUT2D eigenvalue weighted by Gasteiger charge is 2.19. The van der Waals surface area contributed by atoms with Crippen molar-refractivity contribution in [2.24, 2.45) is 0 Å². The number of carbonyl (C=O) groups excluding carboxylic acids is 1. The zero-order valence-corrected chi connectivity index (χ0v) is 16.1. The minimum Gasteiger partial charge on any atom is -0.493 e. The minimum absolute atomic E-state index is 0.0921. The van der Waals surface area contributed by atoms with E-state index in [0.29, 0.717) is 17.2 Å². The number of benzene rings is 2. The number of ether oxygens (including phenoxy) is 2. The van der Waals surface area contributed by atoms with Crippen molar-refractivity contribution in [1.82, 2.24) is 0 Å². The number of methoxy groups -OCH3 is 2. The zero-order chi connectivity index (χ0) is 19.3. The Labute approximate surface area is 154 Å². The summed E-state index contributed by atoms with van der Waals surface area (Å²) in [5.41, 5.74) is 2.71. The predicted molar refractivity (Wildman–Crippen MR) is 101 cm³/mol. The van der Waals surface area contributed by atoms with E-state index in [9.17, 15) is 13.2 Å². The van der Waals surface area contributed by atoms with E-state index in [1.54, 1.807) is 0 Å². The Morgan fingerprint density at radius 2 is 1.69 bits per heavy atom. The molecule has 0 aromatic heterocycles. The largest absolute Gasteiger partial charge is 0.493 e. The first-order valence-corrected chi connectivity index (χ1v) is 9.74. The minimum atomic E-state index is -3.62. The maximum atomic E-state index is 12.5. The molecule has 0 saturated heterocycles. The molecule has 2 aromatic carbocycles. The second kappa shape index (κ2) is 8.23. The highest BCUT2D eigenvalue weighted by Crippen LogP contribution is 2.30. The lowest BCUT2D eigenvalue weighted by Crippen LogP contribution is -2.18. The van der Waals surface area contributed by atoms with Gasteiger partial charge in [0.25, 0.3) is 0 Å². The van der Waals surface area contributed by atoms with Gasteiger partial charge in [0.05, 0.1) is 24.9 Å². The van der Waals surface area contributed by atoms with E-state index in [-0.39, 0.29) is 23.0 Å². The molecule has 0 radical (unpaired) electrons. The normalized spacial score (nSPS) is 11.1. The third kappa shape index (κ3) is 4.76. The summed E-state index contributed by atoms with van der Waals surface area (Å²) in [5.74, 6) is 0.132. The van der Waals surface area contributed by atoms with Crippen molar-refractivity contribution in [1.29, 1.82) is 0 Å². The summed E-state index contributed by atoms with van der Waals surface area (Å²) in [6, 6.07) is 10.0. The van der Waals surface area contributed by atoms with Crippen molar-refractivity contribution in [3.05, 3.63) is 47.5 Å². The molecule has 7 heteroatoms. The van der Waals surface area contributed by atoms with Crippen LogP contribution in [0.3, 0.4) is 0 Å². The topological polar surface area (TPSA) is 81.7 Å². The van der Waals surface area contributed by atoms with Crippen LogP contribution in [0.1, 0.15) is 17.5 Å². The van der Waals surface area contributed by atoms with E-state index in [1.165, 1.54) is 32.4 Å². The molecule has 140 valence electrons. The van der Waals surface area contributed by atoms with Gasteiger partial charge in [-0.2, -0.15) is 0 Å². The van der Waals surface area contributed by atoms with Crippen molar-refractivity contribution >= 4 is 21.4 Å². The predicted octanol–water partition coefficient (Wildman–Crippen LogP) is 3.12. The van der Waals surface area contributed by atoms with Crippen molar-refractivity contribution in [3.8, 4) is 11.5 Å². The van der Waals surface area contributed by atoms with Crippen LogP contribution in [0, 0.1) is 13.8 Å². The Kier molecular flexibility index (Phi) is 6.26. The second-order valence-corrected chi connectivity index (χ2v) is 8.06. The molecule has 0 heterocycles. The lowest BCUT2D eigenvalue weighted by atomic mass is 10.1. The van der Waals surface area contributed by atoms with Crippen LogP contribution >= 0.6 is 0 Å². The smallest absolute Gasteiger partial charge is 0.225 e. The van der Waals surface area contributed by atoms with Gasteiger partial charge in [-0.25, -0.2) is 8.42 Å². The first-order chi connectivity index (χ1) is 12.3. The first kappa shape index (κ1) is 19.8. The Morgan fingerprint density at radius 3 is 2.31 bits per heavy atom. The SMILES string of the molecule is COc1ccc(S(=O)(=O)CCC(=O)Nc2ccc(C)cc2C)cc1OC. The van der Waals surface area contributed by atoms with E-state index in [0.717, 1.165) is 11.1 Å². The Morgan fingerprint density at radius 1 is 1.00 bits per heavy atom. The van der Waals surface area contributed by atoms with Gasteiger partial charge in [0.1, 0.15) is 0 Å². The van der Waals surface area contributed by atoms with Gasteiger partial charge < -0.3 is 14.8 Å². The summed E-state index contributed by atoms with van der Waals surface area (Å²) in [6.45, 7) is 3.86. The van der Waals surface area contributed by atoms with Crippen LogP contribution < -0.4 is 14.8 Å². The standard InChI is InChI=1S/C19H23NO5S/c1-13-5-7-16(14(2)11-13)20-19(21)9-10-26(22,23)15-6-8-17(24-3)18(12-15)25-4/h5-8,11-12H,9-10H2,1-4H3,(H,20,21). The summed E-state index contributed by atoms with van der Waals surface area (Å²) < 4.78 is 35.2. The molecule has 6 nitrogen and oxygen atoms in total. The number of hydrogen-bond donors (Lipinski definition) is 1. The molecule has 1 amide bonds. The molecular weight excluding hydrogens is 354 g/mol. The van der Waals surface area contributed by atoms with E-state index >= 15 is 0 Å². The third-order valence-electron chi connectivity index (χ3n) is 3.97. The molecule has 0 aliphatic rings. The van der Waals surface area contributed by atoms with E-state index in [2.05, 4.69) is 5.32 Å². The van der Waals surface area contributed by atoms with Crippen LogP contribution in [0.5, 0.6) is 11.5 Å². The fourth-order valence-corrected chi connectivity index (χ4v) is 3.77. The number of anilines is 1. The fourth-order valence-electron chi connectivity index (χ4n) is 2.52. The maximum Gasteiger partial charge on any atom is 0.225 e. The molecule has 0 bridgehead atoms. The zero-order valence-electron chi connectivity index (χ0n) is 15.3. The quantitative estimate of drug-likeness (QED) is 0.802. The number of hydrogen-bond acceptors (Lipinski definition) is 5. The van der Waals surface area contributed by atoms with Crippen LogP contribution in [0.15, 0.2) is 41.3 Å². The maximum absolute atomic E-state index is 12.5. The highest BCUT2D eigenvalue weighted by atomic mass is 32.2. The van der Waals surface area contributed by atoms with Gasteiger partial charge in [0, 0.05) is 18.2 Å². The summed E-state index contributed by atoms with van der Waals surface area (Å²) in [5, 5.41) is 2.75. The Bertz CT molecular complexity index is 906. The average Bonchev–Trinajstić information content (AvgIpc) is 2.61. The monoisotopic (exact) mass is 377 g/mol. The number of aryl methyl sites for hydroxylation is 2. The van der Waals surface area contributed by atoms with Crippen LogP contribution in [0.25, 0.3) is 0 Å². The molecular formula is C19H23NO5S. The van der Waals surface area contributed by atoms with Gasteiger partial charge in [0.2, 0.25) is 5.91 Å². The molecule has 1 N–H and O–H groups in total. The van der Waals surface area contributed by atoms with Crippen LogP contribution in [0.4, 0.5) is 5.69 Å².